The zero-order chi connectivity index (χ0) is 27.8. The number of Topliss-reactive ketones (excluding diaryl/α,β-unsaturated/α-hetero) is 1. The summed E-state index contributed by atoms with van der Waals surface area (Å²) in [4.78, 5) is 52.9. The lowest BCUT2D eigenvalue weighted by molar-refractivity contribution is -0.159. The van der Waals surface area contributed by atoms with Gasteiger partial charge in [0.05, 0.1) is 18.8 Å². The Morgan fingerprint density at radius 3 is 2.46 bits per heavy atom. The summed E-state index contributed by atoms with van der Waals surface area (Å²) in [6, 6.07) is 0. The van der Waals surface area contributed by atoms with Gasteiger partial charge in [0.2, 0.25) is 0 Å². The monoisotopic (exact) mass is 550 g/mol. The number of esters is 2. The van der Waals surface area contributed by atoms with Crippen LogP contribution in [-0.2, 0) is 32.9 Å². The third-order valence-electron chi connectivity index (χ3n) is 6.24. The van der Waals surface area contributed by atoms with Gasteiger partial charge in [-0.25, -0.2) is 4.57 Å². The van der Waals surface area contributed by atoms with Gasteiger partial charge in [0.1, 0.15) is 12.4 Å². The number of carbonyl (C=O) groups excluding carboxylic acids is 3. The van der Waals surface area contributed by atoms with Crippen molar-refractivity contribution in [2.24, 2.45) is 11.8 Å². The fourth-order valence-electron chi connectivity index (χ4n) is 4.33. The van der Waals surface area contributed by atoms with Crippen LogP contribution < -0.4 is 0 Å². The molecule has 0 heterocycles. The molecule has 37 heavy (non-hydrogen) atoms. The lowest BCUT2D eigenvalue weighted by Crippen LogP contribution is -2.28. The molecule has 0 aliphatic heterocycles. The smallest absolute Gasteiger partial charge is 0.462 e. The van der Waals surface area contributed by atoms with Gasteiger partial charge in [0, 0.05) is 25.7 Å². The molecule has 4 N–H and O–H groups in total. The highest BCUT2D eigenvalue weighted by Gasteiger charge is 2.39. The molecule has 0 amide bonds. The fraction of sp³-hybridized carbons (Fsp3) is 0.800. The van der Waals surface area contributed by atoms with E-state index in [1.165, 1.54) is 0 Å². The summed E-state index contributed by atoms with van der Waals surface area (Å²) in [7, 11) is -4.75. The number of rotatable bonds is 19. The first-order chi connectivity index (χ1) is 17.4. The quantitative estimate of drug-likeness (QED) is 0.0804. The van der Waals surface area contributed by atoms with Crippen LogP contribution in [0.25, 0.3) is 0 Å². The minimum absolute atomic E-state index is 0.00416. The topological polar surface area (TPSA) is 177 Å². The molecule has 0 aromatic rings. The van der Waals surface area contributed by atoms with Crippen molar-refractivity contribution in [3.05, 3.63) is 12.2 Å². The molecule has 1 rings (SSSR count). The van der Waals surface area contributed by atoms with Gasteiger partial charge in [0.25, 0.3) is 0 Å². The van der Waals surface area contributed by atoms with Gasteiger partial charge in [-0.3, -0.25) is 18.9 Å². The Morgan fingerprint density at radius 1 is 1.11 bits per heavy atom. The van der Waals surface area contributed by atoms with Crippen molar-refractivity contribution < 1.29 is 52.9 Å². The number of phosphoric ester groups is 1. The second kappa shape index (κ2) is 17.8. The average Bonchev–Trinajstić information content (AvgIpc) is 3.07. The minimum Gasteiger partial charge on any atom is -0.462 e. The lowest BCUT2D eigenvalue weighted by Gasteiger charge is -2.19. The van der Waals surface area contributed by atoms with Crippen LogP contribution in [0.1, 0.15) is 84.5 Å². The molecule has 1 aliphatic carbocycles. The molecule has 1 aliphatic rings. The third kappa shape index (κ3) is 15.4. The molecule has 214 valence electrons. The van der Waals surface area contributed by atoms with Crippen LogP contribution in [0.4, 0.5) is 0 Å². The molecule has 0 unspecified atom stereocenters. The maximum Gasteiger partial charge on any atom is 0.469 e. The predicted octanol–water partition coefficient (Wildman–Crippen LogP) is 2.97. The van der Waals surface area contributed by atoms with Crippen molar-refractivity contribution in [2.45, 2.75) is 103 Å². The maximum atomic E-state index is 12.3. The number of allylic oxidation sites excluding steroid dienone is 1. The molecule has 1 fully saturated rings. The normalized spacial score (nSPS) is 21.8. The molecule has 0 bridgehead atoms. The summed E-state index contributed by atoms with van der Waals surface area (Å²) >= 11 is 0. The number of unbranched alkanes of at least 4 members (excludes halogenated alkanes) is 5. The number of ether oxygens (including phenoxy) is 2. The Kier molecular flexibility index (Phi) is 16.1. The van der Waals surface area contributed by atoms with Crippen LogP contribution in [-0.4, -0.2) is 69.2 Å². The number of carbonyl (C=O) groups is 3. The molecular weight excluding hydrogens is 507 g/mol. The standard InChI is InChI=1S/C25H43O11P/c1-3-4-7-10-19(27)13-14-22-21(23(28)15-24(22)29)11-8-5-6-9-12-25(30)34-16-20(36-18(2)26)17-35-37(31,32)33/h13-14,19-23,27-28H,3-12,15-17H2,1-2H3,(H2,31,32,33)/b14-13+/t19-,20+,21+,22+,23-/m0/s1. The molecule has 1 saturated carbocycles. The van der Waals surface area contributed by atoms with Crippen LogP contribution in [0.5, 0.6) is 0 Å². The van der Waals surface area contributed by atoms with Crippen LogP contribution in [0.3, 0.4) is 0 Å². The summed E-state index contributed by atoms with van der Waals surface area (Å²) in [5.41, 5.74) is 0. The van der Waals surface area contributed by atoms with Crippen LogP contribution in [0.2, 0.25) is 0 Å². The SMILES string of the molecule is CCCCC[C@H](O)/C=C/[C@H]1C(=O)C[C@H](O)[C@@H]1CCCCCCC(=O)OC[C@H](COP(=O)(O)O)OC(C)=O. The van der Waals surface area contributed by atoms with E-state index >= 15 is 0 Å². The Morgan fingerprint density at radius 2 is 1.81 bits per heavy atom. The lowest BCUT2D eigenvalue weighted by atomic mass is 9.88. The Hall–Kier alpha value is -1.62. The van der Waals surface area contributed by atoms with Gasteiger partial charge in [0.15, 0.2) is 6.10 Å². The first-order valence-electron chi connectivity index (χ1n) is 13.0. The van der Waals surface area contributed by atoms with Crippen LogP contribution >= 0.6 is 7.82 Å². The predicted molar refractivity (Wildman–Crippen MR) is 134 cm³/mol. The summed E-state index contributed by atoms with van der Waals surface area (Å²) in [5.74, 6) is -1.80. The van der Waals surface area contributed by atoms with E-state index < -0.39 is 44.7 Å². The van der Waals surface area contributed by atoms with E-state index in [1.807, 2.05) is 0 Å². The Bertz CT molecular complexity index is 779. The van der Waals surface area contributed by atoms with Crippen molar-refractivity contribution in [3.8, 4) is 0 Å². The van der Waals surface area contributed by atoms with E-state index in [0.29, 0.717) is 19.3 Å². The summed E-state index contributed by atoms with van der Waals surface area (Å²) < 4.78 is 25.0. The van der Waals surface area contributed by atoms with Crippen molar-refractivity contribution in [2.75, 3.05) is 13.2 Å². The maximum absolute atomic E-state index is 12.3. The van der Waals surface area contributed by atoms with Gasteiger partial charge >= 0.3 is 19.8 Å². The van der Waals surface area contributed by atoms with E-state index in [0.717, 1.165) is 45.4 Å². The molecule has 5 atom stereocenters. The van der Waals surface area contributed by atoms with Crippen LogP contribution in [0, 0.1) is 11.8 Å². The Balaban J connectivity index is 2.32. The van der Waals surface area contributed by atoms with Crippen molar-refractivity contribution in [1.29, 1.82) is 0 Å². The zero-order valence-corrected chi connectivity index (χ0v) is 22.7. The highest BCUT2D eigenvalue weighted by Crippen LogP contribution is 2.36. The van der Waals surface area contributed by atoms with Crippen LogP contribution in [0.15, 0.2) is 12.2 Å². The molecule has 0 aromatic carbocycles. The van der Waals surface area contributed by atoms with Gasteiger partial charge < -0.3 is 29.5 Å². The van der Waals surface area contributed by atoms with E-state index in [4.69, 9.17) is 19.3 Å². The highest BCUT2D eigenvalue weighted by molar-refractivity contribution is 7.46. The summed E-state index contributed by atoms with van der Waals surface area (Å²) in [6.07, 6.45) is 8.53. The first-order valence-corrected chi connectivity index (χ1v) is 14.6. The van der Waals surface area contributed by atoms with Crippen molar-refractivity contribution in [3.63, 3.8) is 0 Å². The second-order valence-corrected chi connectivity index (χ2v) is 10.8. The number of phosphoric acid groups is 1. The largest absolute Gasteiger partial charge is 0.469 e. The van der Waals surface area contributed by atoms with E-state index in [9.17, 15) is 29.2 Å². The second-order valence-electron chi connectivity index (χ2n) is 9.53. The van der Waals surface area contributed by atoms with E-state index in [1.54, 1.807) is 12.2 Å². The molecule has 0 saturated heterocycles. The fourth-order valence-corrected chi connectivity index (χ4v) is 4.69. The van der Waals surface area contributed by atoms with Crippen molar-refractivity contribution >= 4 is 25.5 Å². The molecule has 12 heteroatoms. The van der Waals surface area contributed by atoms with Gasteiger partial charge in [-0.15, -0.1) is 0 Å². The Labute approximate surface area is 218 Å². The highest BCUT2D eigenvalue weighted by atomic mass is 31.2. The molecule has 11 nitrogen and oxygen atoms in total. The minimum atomic E-state index is -4.75. The summed E-state index contributed by atoms with van der Waals surface area (Å²) in [5, 5.41) is 20.4. The molecule has 0 spiro atoms. The van der Waals surface area contributed by atoms with E-state index in [2.05, 4.69) is 11.4 Å². The zero-order valence-electron chi connectivity index (χ0n) is 21.8. The van der Waals surface area contributed by atoms with Gasteiger partial charge in [-0.2, -0.15) is 0 Å². The summed E-state index contributed by atoms with van der Waals surface area (Å²) in [6.45, 7) is 2.22. The number of aliphatic hydroxyl groups excluding tert-OH is 2. The number of hydrogen-bond acceptors (Lipinski definition) is 9. The number of hydrogen-bond donors (Lipinski definition) is 4. The number of ketones is 1. The first kappa shape index (κ1) is 33.4. The van der Waals surface area contributed by atoms with E-state index in [-0.39, 0.29) is 37.1 Å². The van der Waals surface area contributed by atoms with Gasteiger partial charge in [-0.05, 0) is 25.2 Å². The van der Waals surface area contributed by atoms with Crippen molar-refractivity contribution in [1.82, 2.24) is 0 Å². The third-order valence-corrected chi connectivity index (χ3v) is 6.73. The molecule has 0 aromatic heterocycles. The molecular formula is C25H43O11P. The van der Waals surface area contributed by atoms with Gasteiger partial charge in [-0.1, -0.05) is 57.6 Å². The average molecular weight is 551 g/mol. The number of aliphatic hydroxyl groups is 2. The molecule has 0 radical (unpaired) electrons.